The Kier molecular flexibility index (Phi) is 3.44. The largest absolute Gasteiger partial charge is 0.0836 e. The fourth-order valence-electron chi connectivity index (χ4n) is 2.75. The van der Waals surface area contributed by atoms with Crippen molar-refractivity contribution in [1.82, 2.24) is 0 Å². The van der Waals surface area contributed by atoms with E-state index in [0.717, 1.165) is 11.8 Å². The number of halogens is 1. The molecule has 1 aromatic carbocycles. The van der Waals surface area contributed by atoms with Crippen molar-refractivity contribution in [2.45, 2.75) is 45.4 Å². The minimum absolute atomic E-state index is 0.528. The first-order valence-electron chi connectivity index (χ1n) is 6.22. The molecule has 0 amide bonds. The lowest BCUT2D eigenvalue weighted by Crippen LogP contribution is -2.09. The molecule has 1 aromatic rings. The van der Waals surface area contributed by atoms with Crippen molar-refractivity contribution in [2.24, 2.45) is 11.8 Å². The predicted molar refractivity (Wildman–Crippen MR) is 74.2 cm³/mol. The lowest BCUT2D eigenvalue weighted by atomic mass is 9.90. The Bertz CT molecular complexity index is 367. The van der Waals surface area contributed by atoms with E-state index in [-0.39, 0.29) is 0 Å². The summed E-state index contributed by atoms with van der Waals surface area (Å²) in [6, 6.07) is 4.60. The van der Waals surface area contributed by atoms with Gasteiger partial charge in [-0.25, -0.2) is 0 Å². The quantitative estimate of drug-likeness (QED) is 0.677. The predicted octanol–water partition coefficient (Wildman–Crippen LogP) is 5.09. The lowest BCUT2D eigenvalue weighted by Gasteiger charge is -2.22. The van der Waals surface area contributed by atoms with E-state index in [4.69, 9.17) is 0 Å². The molecule has 0 spiro atoms. The molecule has 2 atom stereocenters. The van der Waals surface area contributed by atoms with Crippen molar-refractivity contribution in [1.29, 1.82) is 0 Å². The highest BCUT2D eigenvalue weighted by Crippen LogP contribution is 2.47. The second kappa shape index (κ2) is 4.52. The highest BCUT2D eigenvalue weighted by Gasteiger charge is 2.33. The van der Waals surface area contributed by atoms with Crippen LogP contribution >= 0.6 is 15.9 Å². The molecule has 1 fully saturated rings. The van der Waals surface area contributed by atoms with E-state index in [1.54, 1.807) is 0 Å². The molecule has 1 heteroatoms. The van der Waals surface area contributed by atoms with Crippen molar-refractivity contribution in [2.75, 3.05) is 0 Å². The molecule has 0 N–H and O–H groups in total. The van der Waals surface area contributed by atoms with Gasteiger partial charge in [-0.3, -0.25) is 0 Å². The van der Waals surface area contributed by atoms with Crippen LogP contribution in [-0.2, 0) is 0 Å². The van der Waals surface area contributed by atoms with E-state index in [1.807, 2.05) is 0 Å². The number of hydrogen-bond acceptors (Lipinski definition) is 0. The molecule has 1 aliphatic rings. The Labute approximate surface area is 108 Å². The third-order valence-electron chi connectivity index (χ3n) is 3.84. The average Bonchev–Trinajstić information content (AvgIpc) is 2.97. The summed E-state index contributed by atoms with van der Waals surface area (Å²) >= 11 is 3.92. The van der Waals surface area contributed by atoms with E-state index in [1.165, 1.54) is 35.1 Å². The van der Waals surface area contributed by atoms with Gasteiger partial charge in [-0.05, 0) is 62.1 Å². The molecule has 0 radical (unpaired) electrons. The van der Waals surface area contributed by atoms with Crippen LogP contribution in [-0.4, -0.2) is 0 Å². The molecule has 1 aliphatic carbocycles. The third kappa shape index (κ3) is 2.34. The molecule has 0 saturated heterocycles. The van der Waals surface area contributed by atoms with Crippen molar-refractivity contribution >= 4 is 15.9 Å². The van der Waals surface area contributed by atoms with Gasteiger partial charge in [0.15, 0.2) is 0 Å². The van der Waals surface area contributed by atoms with Crippen LogP contribution in [0.3, 0.4) is 0 Å². The van der Waals surface area contributed by atoms with Gasteiger partial charge in [-0.2, -0.15) is 0 Å². The molecule has 2 rings (SSSR count). The molecule has 0 aromatic heterocycles. The van der Waals surface area contributed by atoms with Gasteiger partial charge in [0.05, 0.1) is 0 Å². The molecule has 2 unspecified atom stereocenters. The van der Waals surface area contributed by atoms with Crippen LogP contribution in [0.2, 0.25) is 0 Å². The maximum atomic E-state index is 3.92. The van der Waals surface area contributed by atoms with Gasteiger partial charge in [0.25, 0.3) is 0 Å². The van der Waals surface area contributed by atoms with Crippen LogP contribution in [0.5, 0.6) is 0 Å². The zero-order valence-electron chi connectivity index (χ0n) is 10.7. The summed E-state index contributed by atoms with van der Waals surface area (Å²) < 4.78 is 0. The van der Waals surface area contributed by atoms with Crippen molar-refractivity contribution < 1.29 is 0 Å². The smallest absolute Gasteiger partial charge is 0.0428 e. The van der Waals surface area contributed by atoms with Crippen molar-refractivity contribution in [3.8, 4) is 0 Å². The number of hydrogen-bond donors (Lipinski definition) is 0. The van der Waals surface area contributed by atoms with Crippen LogP contribution < -0.4 is 0 Å². The lowest BCUT2D eigenvalue weighted by molar-refractivity contribution is 0.500. The van der Waals surface area contributed by atoms with Crippen LogP contribution in [0.15, 0.2) is 12.1 Å². The van der Waals surface area contributed by atoms with E-state index < -0.39 is 0 Å². The molecule has 88 valence electrons. The Hall–Kier alpha value is -0.300. The second-order valence-corrected chi connectivity index (χ2v) is 6.40. The minimum atomic E-state index is 0.528. The highest BCUT2D eigenvalue weighted by atomic mass is 79.9. The van der Waals surface area contributed by atoms with Crippen LogP contribution in [0, 0.1) is 32.6 Å². The molecule has 0 aliphatic heterocycles. The number of aryl methyl sites for hydroxylation is 3. The molecule has 0 nitrogen and oxygen atoms in total. The highest BCUT2D eigenvalue weighted by molar-refractivity contribution is 9.09. The average molecular weight is 281 g/mol. The van der Waals surface area contributed by atoms with Gasteiger partial charge in [0.2, 0.25) is 0 Å². The van der Waals surface area contributed by atoms with E-state index >= 15 is 0 Å². The summed E-state index contributed by atoms with van der Waals surface area (Å²) in [5.74, 6) is 1.71. The first-order valence-corrected chi connectivity index (χ1v) is 7.14. The van der Waals surface area contributed by atoms with Gasteiger partial charge in [0.1, 0.15) is 0 Å². The van der Waals surface area contributed by atoms with Crippen LogP contribution in [0.4, 0.5) is 0 Å². The summed E-state index contributed by atoms with van der Waals surface area (Å²) in [6.07, 6.45) is 2.85. The van der Waals surface area contributed by atoms with Gasteiger partial charge in [-0.15, -0.1) is 0 Å². The number of rotatable bonds is 3. The van der Waals surface area contributed by atoms with Crippen LogP contribution in [0.25, 0.3) is 0 Å². The summed E-state index contributed by atoms with van der Waals surface area (Å²) in [5, 5.41) is 0. The van der Waals surface area contributed by atoms with E-state index in [0.29, 0.717) is 4.83 Å². The van der Waals surface area contributed by atoms with Crippen LogP contribution in [0.1, 0.15) is 46.8 Å². The third-order valence-corrected chi connectivity index (χ3v) is 5.13. The van der Waals surface area contributed by atoms with Gasteiger partial charge in [0, 0.05) is 4.83 Å². The Balaban J connectivity index is 2.31. The first kappa shape index (κ1) is 12.2. The molecule has 16 heavy (non-hydrogen) atoms. The standard InChI is InChI=1S/C15H21Br/c1-9-7-10(2)14(11(3)8-9)15(16)12(4)13-5-6-13/h7-8,12-13,15H,5-6H2,1-4H3. The zero-order valence-corrected chi connectivity index (χ0v) is 12.3. The molecular weight excluding hydrogens is 260 g/mol. The van der Waals surface area contributed by atoms with E-state index in [2.05, 4.69) is 55.8 Å². The summed E-state index contributed by atoms with van der Waals surface area (Å²) in [6.45, 7) is 9.04. The maximum Gasteiger partial charge on any atom is 0.0428 e. The molecule has 0 bridgehead atoms. The van der Waals surface area contributed by atoms with Gasteiger partial charge in [-0.1, -0.05) is 40.5 Å². The Morgan fingerprint density at radius 2 is 1.62 bits per heavy atom. The zero-order chi connectivity index (χ0) is 11.9. The summed E-state index contributed by atoms with van der Waals surface area (Å²) in [4.78, 5) is 0.528. The minimum Gasteiger partial charge on any atom is -0.0836 e. The Morgan fingerprint density at radius 3 is 2.06 bits per heavy atom. The molecule has 0 heterocycles. The summed E-state index contributed by atoms with van der Waals surface area (Å²) in [7, 11) is 0. The monoisotopic (exact) mass is 280 g/mol. The fourth-order valence-corrected chi connectivity index (χ4v) is 3.90. The summed E-state index contributed by atoms with van der Waals surface area (Å²) in [5.41, 5.74) is 5.77. The maximum absolute atomic E-state index is 3.92. The molecular formula is C15H21Br. The van der Waals surface area contributed by atoms with Gasteiger partial charge < -0.3 is 0 Å². The van der Waals surface area contributed by atoms with Crippen molar-refractivity contribution in [3.63, 3.8) is 0 Å². The number of alkyl halides is 1. The second-order valence-electron chi connectivity index (χ2n) is 5.41. The SMILES string of the molecule is Cc1cc(C)c(C(Br)C(C)C2CC2)c(C)c1. The Morgan fingerprint density at radius 1 is 1.12 bits per heavy atom. The van der Waals surface area contributed by atoms with E-state index in [9.17, 15) is 0 Å². The van der Waals surface area contributed by atoms with Crippen molar-refractivity contribution in [3.05, 3.63) is 34.4 Å². The van der Waals surface area contributed by atoms with Gasteiger partial charge >= 0.3 is 0 Å². The molecule has 1 saturated carbocycles. The first-order chi connectivity index (χ1) is 7.50. The normalized spacial score (nSPS) is 19.6. The number of benzene rings is 1. The topological polar surface area (TPSA) is 0 Å². The fraction of sp³-hybridized carbons (Fsp3) is 0.600.